The van der Waals surface area contributed by atoms with E-state index in [1.165, 1.54) is 37.7 Å². The van der Waals surface area contributed by atoms with Crippen molar-refractivity contribution in [1.29, 1.82) is 0 Å². The van der Waals surface area contributed by atoms with Crippen LogP contribution < -0.4 is 4.72 Å². The zero-order chi connectivity index (χ0) is 26.0. The molecule has 0 radical (unpaired) electrons. The third-order valence-electron chi connectivity index (χ3n) is 11.7. The lowest BCUT2D eigenvalue weighted by Gasteiger charge is -2.61. The van der Waals surface area contributed by atoms with Gasteiger partial charge in [-0.3, -0.25) is 4.55 Å². The average Bonchev–Trinajstić information content (AvgIpc) is 3.10. The minimum atomic E-state index is -4.18. The van der Waals surface area contributed by atoms with Crippen molar-refractivity contribution in [2.24, 2.45) is 51.8 Å². The summed E-state index contributed by atoms with van der Waals surface area (Å²) in [6.45, 7) is 16.0. The Morgan fingerprint density at radius 2 is 1.69 bits per heavy atom. The maximum Gasteiger partial charge on any atom is 0.333 e. The fourth-order valence-electron chi connectivity index (χ4n) is 9.73. The Bertz CT molecular complexity index is 927. The second-order valence-electron chi connectivity index (χ2n) is 14.2. The topological polar surface area (TPSA) is 86.6 Å². The number of hydrogen-bond donors (Lipinski definition) is 3. The van der Waals surface area contributed by atoms with Crippen LogP contribution in [0.15, 0.2) is 11.6 Å². The maximum absolute atomic E-state index is 11.4. The van der Waals surface area contributed by atoms with Gasteiger partial charge in [0.2, 0.25) is 0 Å². The molecule has 0 aromatic rings. The molecule has 0 aliphatic heterocycles. The van der Waals surface area contributed by atoms with Gasteiger partial charge in [-0.05, 0) is 104 Å². The van der Waals surface area contributed by atoms with Gasteiger partial charge in [-0.15, -0.1) is 0 Å². The standard InChI is InChI=1S/C29H51NO4S/c1-18(2)24(30-35(32,33)34)12-8-19(3)21-10-11-22-20-9-13-25-27(4,5)26(31)15-17-29(25,7)23(20)14-16-28(21,22)6/h13,18-24,26,30-31H,8-12,14-17H2,1-7H3,(H,32,33,34)/t19-,20?,21?,22?,23?,24?,26+,28-,29-/m1/s1. The van der Waals surface area contributed by atoms with Crippen molar-refractivity contribution in [3.05, 3.63) is 11.6 Å². The summed E-state index contributed by atoms with van der Waals surface area (Å²) < 4.78 is 34.6. The number of nitrogens with one attached hydrogen (secondary N) is 1. The summed E-state index contributed by atoms with van der Waals surface area (Å²) in [4.78, 5) is 0. The van der Waals surface area contributed by atoms with E-state index < -0.39 is 10.3 Å². The van der Waals surface area contributed by atoms with Gasteiger partial charge in [-0.25, -0.2) is 0 Å². The van der Waals surface area contributed by atoms with Gasteiger partial charge in [0.05, 0.1) is 6.10 Å². The molecule has 0 spiro atoms. The van der Waals surface area contributed by atoms with Crippen LogP contribution in [0.2, 0.25) is 0 Å². The Hall–Kier alpha value is -0.430. The fraction of sp³-hybridized carbons (Fsp3) is 0.931. The van der Waals surface area contributed by atoms with E-state index in [1.807, 2.05) is 13.8 Å². The Morgan fingerprint density at radius 3 is 2.31 bits per heavy atom. The molecule has 3 N–H and O–H groups in total. The Kier molecular flexibility index (Phi) is 7.41. The predicted octanol–water partition coefficient (Wildman–Crippen LogP) is 6.40. The lowest BCUT2D eigenvalue weighted by molar-refractivity contribution is -0.0782. The highest BCUT2D eigenvalue weighted by atomic mass is 32.2. The van der Waals surface area contributed by atoms with Crippen molar-refractivity contribution in [3.8, 4) is 0 Å². The first-order chi connectivity index (χ1) is 16.1. The van der Waals surface area contributed by atoms with Crippen LogP contribution in [0.5, 0.6) is 0 Å². The van der Waals surface area contributed by atoms with Crippen molar-refractivity contribution in [3.63, 3.8) is 0 Å². The van der Waals surface area contributed by atoms with Crippen molar-refractivity contribution in [1.82, 2.24) is 4.72 Å². The molecule has 5 nitrogen and oxygen atoms in total. The average molecular weight is 510 g/mol. The van der Waals surface area contributed by atoms with Crippen molar-refractivity contribution >= 4 is 10.3 Å². The molecule has 0 saturated heterocycles. The Balaban J connectivity index is 1.49. The molecule has 3 saturated carbocycles. The van der Waals surface area contributed by atoms with E-state index in [1.54, 1.807) is 0 Å². The Morgan fingerprint density at radius 1 is 1.00 bits per heavy atom. The van der Waals surface area contributed by atoms with Crippen LogP contribution in [-0.4, -0.2) is 30.2 Å². The monoisotopic (exact) mass is 509 g/mol. The third kappa shape index (κ3) is 4.79. The lowest BCUT2D eigenvalue weighted by atomic mass is 9.44. The van der Waals surface area contributed by atoms with Gasteiger partial charge >= 0.3 is 10.3 Å². The molecular formula is C29H51NO4S. The predicted molar refractivity (Wildman–Crippen MR) is 142 cm³/mol. The smallest absolute Gasteiger partial charge is 0.333 e. The highest BCUT2D eigenvalue weighted by Crippen LogP contribution is 2.69. The zero-order valence-electron chi connectivity index (χ0n) is 23.2. The molecule has 202 valence electrons. The van der Waals surface area contributed by atoms with E-state index in [0.717, 1.165) is 43.4 Å². The van der Waals surface area contributed by atoms with Crippen LogP contribution in [0.1, 0.15) is 106 Å². The summed E-state index contributed by atoms with van der Waals surface area (Å²) in [5.74, 6) is 3.60. The van der Waals surface area contributed by atoms with Gasteiger partial charge in [-0.1, -0.05) is 60.1 Å². The molecule has 0 aromatic carbocycles. The van der Waals surface area contributed by atoms with Gasteiger partial charge in [0.25, 0.3) is 0 Å². The minimum absolute atomic E-state index is 0.117. The quantitative estimate of drug-likeness (QED) is 0.274. The molecule has 5 unspecified atom stereocenters. The molecule has 4 aliphatic carbocycles. The summed E-state index contributed by atoms with van der Waals surface area (Å²) in [5, 5.41) is 10.8. The van der Waals surface area contributed by atoms with E-state index in [-0.39, 0.29) is 28.9 Å². The second-order valence-corrected chi connectivity index (χ2v) is 15.3. The zero-order valence-corrected chi connectivity index (χ0v) is 24.0. The van der Waals surface area contributed by atoms with Gasteiger partial charge in [0.1, 0.15) is 0 Å². The molecule has 0 amide bonds. The van der Waals surface area contributed by atoms with E-state index in [9.17, 15) is 18.1 Å². The van der Waals surface area contributed by atoms with Gasteiger partial charge in [0.15, 0.2) is 0 Å². The normalized spacial score (nSPS) is 42.6. The van der Waals surface area contributed by atoms with Crippen molar-refractivity contribution in [2.75, 3.05) is 0 Å². The molecule has 9 atom stereocenters. The van der Waals surface area contributed by atoms with Crippen LogP contribution in [0.25, 0.3) is 0 Å². The van der Waals surface area contributed by atoms with Crippen molar-refractivity contribution in [2.45, 2.75) is 118 Å². The number of rotatable bonds is 7. The van der Waals surface area contributed by atoms with Crippen LogP contribution in [0.3, 0.4) is 0 Å². The fourth-order valence-corrected chi connectivity index (χ4v) is 10.5. The van der Waals surface area contributed by atoms with Crippen LogP contribution in [0, 0.1) is 51.8 Å². The second kappa shape index (κ2) is 9.39. The highest BCUT2D eigenvalue weighted by Gasteiger charge is 2.61. The number of aliphatic hydroxyl groups excluding tert-OH is 1. The molecule has 3 fully saturated rings. The SMILES string of the molecule is CC(C)C(CC[C@@H](C)C1CCC2C3CC=C4C(C)(C)[C@@H](O)CC[C@]4(C)C3CC[C@@]21C)NS(=O)(=O)O. The van der Waals surface area contributed by atoms with Crippen molar-refractivity contribution < 1.29 is 18.1 Å². The third-order valence-corrected chi connectivity index (χ3v) is 12.3. The Labute approximate surface area is 214 Å². The summed E-state index contributed by atoms with van der Waals surface area (Å²) in [5.41, 5.74) is 2.00. The van der Waals surface area contributed by atoms with Gasteiger partial charge < -0.3 is 5.11 Å². The minimum Gasteiger partial charge on any atom is -0.392 e. The summed E-state index contributed by atoms with van der Waals surface area (Å²) in [6, 6.07) is -0.222. The van der Waals surface area contributed by atoms with Crippen LogP contribution >= 0.6 is 0 Å². The number of hydrogen-bond acceptors (Lipinski definition) is 3. The molecule has 0 bridgehead atoms. The van der Waals surface area contributed by atoms with Gasteiger partial charge in [-0.2, -0.15) is 13.1 Å². The summed E-state index contributed by atoms with van der Waals surface area (Å²) in [7, 11) is -4.18. The van der Waals surface area contributed by atoms with E-state index in [0.29, 0.717) is 17.3 Å². The molecule has 4 rings (SSSR count). The van der Waals surface area contributed by atoms with E-state index >= 15 is 0 Å². The first kappa shape index (κ1) is 27.6. The summed E-state index contributed by atoms with van der Waals surface area (Å²) in [6.07, 6.45) is 12.4. The van der Waals surface area contributed by atoms with E-state index in [2.05, 4.69) is 45.4 Å². The van der Waals surface area contributed by atoms with Crippen LogP contribution in [-0.2, 0) is 10.3 Å². The van der Waals surface area contributed by atoms with Gasteiger partial charge in [0, 0.05) is 11.5 Å². The molecular weight excluding hydrogens is 458 g/mol. The number of allylic oxidation sites excluding steroid dienone is 1. The van der Waals surface area contributed by atoms with Crippen LogP contribution in [0.4, 0.5) is 0 Å². The summed E-state index contributed by atoms with van der Waals surface area (Å²) >= 11 is 0. The number of fused-ring (bicyclic) bond motifs is 5. The molecule has 35 heavy (non-hydrogen) atoms. The molecule has 4 aliphatic rings. The molecule has 6 heteroatoms. The first-order valence-corrected chi connectivity index (χ1v) is 15.7. The lowest BCUT2D eigenvalue weighted by Crippen LogP contribution is -2.54. The number of aliphatic hydroxyl groups is 1. The highest BCUT2D eigenvalue weighted by molar-refractivity contribution is 7.83. The molecule has 0 aromatic heterocycles. The molecule has 0 heterocycles. The maximum atomic E-state index is 11.4. The largest absolute Gasteiger partial charge is 0.392 e. The van der Waals surface area contributed by atoms with E-state index in [4.69, 9.17) is 0 Å². The first-order valence-electron chi connectivity index (χ1n) is 14.2.